The van der Waals surface area contributed by atoms with Gasteiger partial charge in [-0.25, -0.2) is 0 Å². The Labute approximate surface area is 118 Å². The molecule has 0 saturated carbocycles. The van der Waals surface area contributed by atoms with Crippen LogP contribution in [0.4, 0.5) is 0 Å². The maximum Gasteiger partial charge on any atom is 0.222 e. The first-order chi connectivity index (χ1) is 9.02. The van der Waals surface area contributed by atoms with Gasteiger partial charge in [0.1, 0.15) is 0 Å². The number of likely N-dealkylation sites (tertiary alicyclic amines) is 1. The quantitative estimate of drug-likeness (QED) is 0.763. The van der Waals surface area contributed by atoms with Crippen LogP contribution in [0, 0.1) is 11.8 Å². The Kier molecular flexibility index (Phi) is 7.39. The van der Waals surface area contributed by atoms with Gasteiger partial charge in [0.2, 0.25) is 5.91 Å². The van der Waals surface area contributed by atoms with Gasteiger partial charge in [-0.3, -0.25) is 4.79 Å². The molecule has 0 spiro atoms. The fourth-order valence-electron chi connectivity index (χ4n) is 2.72. The van der Waals surface area contributed by atoms with Crippen LogP contribution in [0.3, 0.4) is 0 Å². The number of hydrogen-bond donors (Lipinski definition) is 1. The van der Waals surface area contributed by atoms with Crippen molar-refractivity contribution >= 4 is 5.91 Å². The summed E-state index contributed by atoms with van der Waals surface area (Å²) >= 11 is 0. The van der Waals surface area contributed by atoms with Gasteiger partial charge >= 0.3 is 0 Å². The van der Waals surface area contributed by atoms with Crippen LogP contribution in [0.5, 0.6) is 0 Å². The SMILES string of the molecule is CC(CCN)CCC(=O)N(C)CC1CCN(C)CC1. The molecule has 1 fully saturated rings. The van der Waals surface area contributed by atoms with Crippen LogP contribution in [0.1, 0.15) is 39.0 Å². The fourth-order valence-corrected chi connectivity index (χ4v) is 2.72. The molecule has 1 amide bonds. The molecule has 0 aliphatic carbocycles. The van der Waals surface area contributed by atoms with Crippen LogP contribution < -0.4 is 5.73 Å². The first-order valence-electron chi connectivity index (χ1n) is 7.65. The summed E-state index contributed by atoms with van der Waals surface area (Å²) in [7, 11) is 4.12. The third-order valence-electron chi connectivity index (χ3n) is 4.31. The van der Waals surface area contributed by atoms with Crippen molar-refractivity contribution in [2.75, 3.05) is 40.3 Å². The first kappa shape index (κ1) is 16.4. The molecule has 0 aromatic heterocycles. The molecule has 112 valence electrons. The molecule has 1 unspecified atom stereocenters. The second kappa shape index (κ2) is 8.54. The monoisotopic (exact) mass is 269 g/mol. The topological polar surface area (TPSA) is 49.6 Å². The summed E-state index contributed by atoms with van der Waals surface area (Å²) in [6.45, 7) is 6.16. The number of nitrogens with two attached hydrogens (primary N) is 1. The van der Waals surface area contributed by atoms with Crippen molar-refractivity contribution in [3.63, 3.8) is 0 Å². The number of nitrogens with zero attached hydrogens (tertiary/aromatic N) is 2. The van der Waals surface area contributed by atoms with E-state index in [0.717, 1.165) is 25.9 Å². The third kappa shape index (κ3) is 6.39. The zero-order valence-electron chi connectivity index (χ0n) is 12.9. The van der Waals surface area contributed by atoms with Crippen LogP contribution in [0.25, 0.3) is 0 Å². The average molecular weight is 269 g/mol. The molecule has 1 heterocycles. The molecule has 1 aliphatic rings. The molecule has 0 aromatic rings. The van der Waals surface area contributed by atoms with Gasteiger partial charge in [0.25, 0.3) is 0 Å². The van der Waals surface area contributed by atoms with E-state index in [0.29, 0.717) is 24.2 Å². The van der Waals surface area contributed by atoms with Crippen molar-refractivity contribution in [1.29, 1.82) is 0 Å². The number of carbonyl (C=O) groups excluding carboxylic acids is 1. The maximum atomic E-state index is 12.1. The summed E-state index contributed by atoms with van der Waals surface area (Å²) in [5.74, 6) is 1.54. The summed E-state index contributed by atoms with van der Waals surface area (Å²) < 4.78 is 0. The molecule has 0 radical (unpaired) electrons. The van der Waals surface area contributed by atoms with E-state index in [1.165, 1.54) is 25.9 Å². The minimum absolute atomic E-state index is 0.294. The lowest BCUT2D eigenvalue weighted by atomic mass is 9.96. The molecule has 1 atom stereocenters. The van der Waals surface area contributed by atoms with Crippen LogP contribution >= 0.6 is 0 Å². The highest BCUT2D eigenvalue weighted by Gasteiger charge is 2.20. The van der Waals surface area contributed by atoms with Gasteiger partial charge < -0.3 is 15.5 Å². The summed E-state index contributed by atoms with van der Waals surface area (Å²) in [6.07, 6.45) is 5.10. The molecule has 19 heavy (non-hydrogen) atoms. The molecule has 1 aliphatic heterocycles. The highest BCUT2D eigenvalue weighted by Crippen LogP contribution is 2.18. The largest absolute Gasteiger partial charge is 0.345 e. The van der Waals surface area contributed by atoms with Crippen molar-refractivity contribution in [2.24, 2.45) is 17.6 Å². The smallest absolute Gasteiger partial charge is 0.222 e. The van der Waals surface area contributed by atoms with E-state index in [4.69, 9.17) is 5.73 Å². The number of amides is 1. The highest BCUT2D eigenvalue weighted by atomic mass is 16.2. The van der Waals surface area contributed by atoms with E-state index < -0.39 is 0 Å². The Morgan fingerprint density at radius 1 is 1.37 bits per heavy atom. The Hall–Kier alpha value is -0.610. The second-order valence-corrected chi connectivity index (χ2v) is 6.24. The van der Waals surface area contributed by atoms with Crippen molar-refractivity contribution < 1.29 is 4.79 Å². The molecule has 4 nitrogen and oxygen atoms in total. The second-order valence-electron chi connectivity index (χ2n) is 6.24. The van der Waals surface area contributed by atoms with Gasteiger partial charge in [-0.05, 0) is 64.2 Å². The Balaban J connectivity index is 2.21. The molecule has 0 aromatic carbocycles. The lowest BCUT2D eigenvalue weighted by Crippen LogP contribution is -2.38. The van der Waals surface area contributed by atoms with Crippen molar-refractivity contribution in [2.45, 2.75) is 39.0 Å². The predicted molar refractivity (Wildman–Crippen MR) is 79.9 cm³/mol. The molecular weight excluding hydrogens is 238 g/mol. The Bertz CT molecular complexity index is 262. The molecular formula is C15H31N3O. The standard InChI is InChI=1S/C15H31N3O/c1-13(6-9-16)4-5-15(19)18(3)12-14-7-10-17(2)11-8-14/h13-14H,4-12,16H2,1-3H3. The molecule has 0 bridgehead atoms. The van der Waals surface area contributed by atoms with Gasteiger partial charge in [0.05, 0.1) is 0 Å². The number of hydrogen-bond acceptors (Lipinski definition) is 3. The van der Waals surface area contributed by atoms with Gasteiger partial charge in [-0.15, -0.1) is 0 Å². The van der Waals surface area contributed by atoms with Crippen LogP contribution in [0.15, 0.2) is 0 Å². The molecule has 2 N–H and O–H groups in total. The Morgan fingerprint density at radius 2 is 2.00 bits per heavy atom. The van der Waals surface area contributed by atoms with Gasteiger partial charge in [0, 0.05) is 20.0 Å². The summed E-state index contributed by atoms with van der Waals surface area (Å²) in [5.41, 5.74) is 5.53. The van der Waals surface area contributed by atoms with Gasteiger partial charge in [-0.1, -0.05) is 6.92 Å². The third-order valence-corrected chi connectivity index (χ3v) is 4.31. The number of piperidine rings is 1. The van der Waals surface area contributed by atoms with Crippen LogP contribution in [-0.2, 0) is 4.79 Å². The summed E-state index contributed by atoms with van der Waals surface area (Å²) in [5, 5.41) is 0. The minimum atomic E-state index is 0.294. The van der Waals surface area contributed by atoms with E-state index in [9.17, 15) is 4.79 Å². The lowest BCUT2D eigenvalue weighted by molar-refractivity contribution is -0.131. The van der Waals surface area contributed by atoms with E-state index in [1.807, 2.05) is 11.9 Å². The van der Waals surface area contributed by atoms with E-state index in [1.54, 1.807) is 0 Å². The van der Waals surface area contributed by atoms with Crippen LogP contribution in [0.2, 0.25) is 0 Å². The normalized spacial score (nSPS) is 19.4. The van der Waals surface area contributed by atoms with Crippen molar-refractivity contribution in [3.05, 3.63) is 0 Å². The lowest BCUT2D eigenvalue weighted by Gasteiger charge is -2.31. The van der Waals surface area contributed by atoms with E-state index in [-0.39, 0.29) is 0 Å². The van der Waals surface area contributed by atoms with Crippen LogP contribution in [-0.4, -0.2) is 56.0 Å². The molecule has 1 rings (SSSR count). The summed E-state index contributed by atoms with van der Waals surface area (Å²) in [6, 6.07) is 0. The van der Waals surface area contributed by atoms with Crippen molar-refractivity contribution in [1.82, 2.24) is 9.80 Å². The predicted octanol–water partition coefficient (Wildman–Crippen LogP) is 1.55. The van der Waals surface area contributed by atoms with Gasteiger partial charge in [0.15, 0.2) is 0 Å². The Morgan fingerprint density at radius 3 is 2.58 bits per heavy atom. The number of rotatable bonds is 7. The maximum absolute atomic E-state index is 12.1. The average Bonchev–Trinajstić information content (AvgIpc) is 2.39. The number of carbonyl (C=O) groups is 1. The minimum Gasteiger partial charge on any atom is -0.345 e. The highest BCUT2D eigenvalue weighted by molar-refractivity contribution is 5.75. The first-order valence-corrected chi connectivity index (χ1v) is 7.65. The zero-order valence-corrected chi connectivity index (χ0v) is 12.9. The molecule has 1 saturated heterocycles. The van der Waals surface area contributed by atoms with Crippen molar-refractivity contribution in [3.8, 4) is 0 Å². The molecule has 4 heteroatoms. The summed E-state index contributed by atoms with van der Waals surface area (Å²) in [4.78, 5) is 16.4. The van der Waals surface area contributed by atoms with Gasteiger partial charge in [-0.2, -0.15) is 0 Å². The van der Waals surface area contributed by atoms with E-state index in [2.05, 4.69) is 18.9 Å². The zero-order chi connectivity index (χ0) is 14.3. The van der Waals surface area contributed by atoms with E-state index >= 15 is 0 Å². The fraction of sp³-hybridized carbons (Fsp3) is 0.933.